The summed E-state index contributed by atoms with van der Waals surface area (Å²) >= 11 is 0. The third-order valence-corrected chi connectivity index (χ3v) is 4.68. The van der Waals surface area contributed by atoms with Crippen molar-refractivity contribution >= 4 is 5.91 Å². The van der Waals surface area contributed by atoms with Crippen molar-refractivity contribution in [2.75, 3.05) is 39.5 Å². The fourth-order valence-corrected chi connectivity index (χ4v) is 3.14. The Morgan fingerprint density at radius 3 is 2.78 bits per heavy atom. The molecular formula is C17H27NO5. The first-order chi connectivity index (χ1) is 11.3. The molecule has 1 N–H and O–H groups in total. The number of rotatable bonds is 7. The van der Waals surface area contributed by atoms with Crippen molar-refractivity contribution in [2.45, 2.75) is 38.4 Å². The van der Waals surface area contributed by atoms with Crippen LogP contribution in [0.15, 0.2) is 11.8 Å². The number of carbonyl (C=O) groups excluding carboxylic acids is 1. The smallest absolute Gasteiger partial charge is 0.288 e. The predicted molar refractivity (Wildman–Crippen MR) is 83.5 cm³/mol. The van der Waals surface area contributed by atoms with Crippen LogP contribution in [0.3, 0.4) is 0 Å². The molecule has 1 saturated heterocycles. The van der Waals surface area contributed by atoms with Crippen molar-refractivity contribution in [3.8, 4) is 0 Å². The molecule has 0 spiro atoms. The first-order valence-corrected chi connectivity index (χ1v) is 8.76. The van der Waals surface area contributed by atoms with E-state index in [0.717, 1.165) is 19.3 Å². The van der Waals surface area contributed by atoms with Gasteiger partial charge in [-0.3, -0.25) is 4.79 Å². The van der Waals surface area contributed by atoms with Crippen LogP contribution in [0.4, 0.5) is 0 Å². The van der Waals surface area contributed by atoms with E-state index in [-0.39, 0.29) is 18.8 Å². The molecule has 23 heavy (non-hydrogen) atoms. The van der Waals surface area contributed by atoms with E-state index in [2.05, 4.69) is 0 Å². The Balaban J connectivity index is 1.58. The number of aliphatic hydroxyl groups excluding tert-OH is 1. The number of morpholine rings is 1. The number of unbranched alkanes of at least 4 members (excludes halogenated alkanes) is 1. The highest BCUT2D eigenvalue weighted by Crippen LogP contribution is 2.43. The third-order valence-electron chi connectivity index (χ3n) is 4.68. The zero-order chi connectivity index (χ0) is 16.1. The summed E-state index contributed by atoms with van der Waals surface area (Å²) in [6, 6.07) is 0. The van der Waals surface area contributed by atoms with E-state index in [1.165, 1.54) is 12.8 Å². The lowest BCUT2D eigenvalue weighted by Crippen LogP contribution is -2.43. The monoisotopic (exact) mass is 325 g/mol. The predicted octanol–water partition coefficient (Wildman–Crippen LogP) is 1.29. The summed E-state index contributed by atoms with van der Waals surface area (Å²) in [7, 11) is 0. The Morgan fingerprint density at radius 1 is 1.30 bits per heavy atom. The van der Waals surface area contributed by atoms with Crippen LogP contribution in [0.25, 0.3) is 0 Å². The molecule has 1 aliphatic carbocycles. The zero-order valence-corrected chi connectivity index (χ0v) is 13.6. The van der Waals surface area contributed by atoms with Gasteiger partial charge in [-0.2, -0.15) is 0 Å². The van der Waals surface area contributed by atoms with Gasteiger partial charge < -0.3 is 24.2 Å². The molecule has 0 aromatic rings. The normalized spacial score (nSPS) is 28.2. The van der Waals surface area contributed by atoms with E-state index in [4.69, 9.17) is 19.3 Å². The Morgan fingerprint density at radius 2 is 2.09 bits per heavy atom. The minimum atomic E-state index is -0.343. The maximum Gasteiger partial charge on any atom is 0.288 e. The maximum atomic E-state index is 12.7. The van der Waals surface area contributed by atoms with Crippen LogP contribution in [-0.4, -0.2) is 61.7 Å². The lowest BCUT2D eigenvalue weighted by Gasteiger charge is -2.33. The molecule has 1 amide bonds. The molecule has 0 unspecified atom stereocenters. The van der Waals surface area contributed by atoms with Crippen molar-refractivity contribution in [2.24, 2.45) is 11.8 Å². The molecule has 2 fully saturated rings. The summed E-state index contributed by atoms with van der Waals surface area (Å²) in [6.45, 7) is 3.16. The lowest BCUT2D eigenvalue weighted by molar-refractivity contribution is -0.158. The summed E-state index contributed by atoms with van der Waals surface area (Å²) in [6.07, 6.45) is 6.50. The topological polar surface area (TPSA) is 68.2 Å². The number of hydrogen-bond acceptors (Lipinski definition) is 5. The molecule has 3 aliphatic rings. The molecule has 1 saturated carbocycles. The Kier molecular flexibility index (Phi) is 5.91. The van der Waals surface area contributed by atoms with Gasteiger partial charge in [0.25, 0.3) is 5.91 Å². The highest BCUT2D eigenvalue weighted by atomic mass is 16.7. The van der Waals surface area contributed by atoms with Gasteiger partial charge in [-0.25, -0.2) is 0 Å². The molecule has 2 heterocycles. The second-order valence-electron chi connectivity index (χ2n) is 6.52. The Labute approximate surface area is 137 Å². The quantitative estimate of drug-likeness (QED) is 0.715. The van der Waals surface area contributed by atoms with Crippen LogP contribution in [0.5, 0.6) is 0 Å². The molecule has 130 valence electrons. The van der Waals surface area contributed by atoms with E-state index < -0.39 is 0 Å². The van der Waals surface area contributed by atoms with Crippen LogP contribution >= 0.6 is 0 Å². The van der Waals surface area contributed by atoms with Gasteiger partial charge in [0.2, 0.25) is 6.29 Å². The van der Waals surface area contributed by atoms with E-state index in [0.29, 0.717) is 50.5 Å². The Bertz CT molecular complexity index is 429. The van der Waals surface area contributed by atoms with Gasteiger partial charge in [0.15, 0.2) is 5.76 Å². The van der Waals surface area contributed by atoms with Gasteiger partial charge in [0.1, 0.15) is 0 Å². The summed E-state index contributed by atoms with van der Waals surface area (Å²) in [5, 5.41) is 8.83. The second kappa shape index (κ2) is 8.13. The SMILES string of the molecule is O=C(C1=C[C@H](C2CC2)C[C@H](OCCCCO)O1)N1CCOCC1. The number of aliphatic hydroxyl groups is 1. The molecule has 0 aromatic heterocycles. The minimum absolute atomic E-state index is 0.0393. The largest absolute Gasteiger partial charge is 0.459 e. The summed E-state index contributed by atoms with van der Waals surface area (Å²) < 4.78 is 16.9. The standard InChI is InChI=1S/C17H27NO5/c19-7-1-2-8-22-16-12-14(13-3-4-13)11-15(23-16)17(20)18-5-9-21-10-6-18/h11,13-14,16,19H,1-10,12H2/t14-,16+/m0/s1. The number of allylic oxidation sites excluding steroid dienone is 1. The number of nitrogens with zero attached hydrogens (tertiary/aromatic N) is 1. The average molecular weight is 325 g/mol. The highest BCUT2D eigenvalue weighted by molar-refractivity contribution is 5.91. The van der Waals surface area contributed by atoms with Crippen molar-refractivity contribution in [3.05, 3.63) is 11.8 Å². The summed E-state index contributed by atoms with van der Waals surface area (Å²) in [4.78, 5) is 14.5. The van der Waals surface area contributed by atoms with Crippen molar-refractivity contribution < 1.29 is 24.1 Å². The van der Waals surface area contributed by atoms with E-state index >= 15 is 0 Å². The average Bonchev–Trinajstić information content (AvgIpc) is 3.44. The van der Waals surface area contributed by atoms with E-state index in [1.54, 1.807) is 4.90 Å². The second-order valence-corrected chi connectivity index (χ2v) is 6.52. The Hall–Kier alpha value is -1.11. The van der Waals surface area contributed by atoms with Crippen LogP contribution in [-0.2, 0) is 19.0 Å². The molecule has 3 rings (SSSR count). The molecule has 6 heteroatoms. The van der Waals surface area contributed by atoms with Gasteiger partial charge in [-0.1, -0.05) is 0 Å². The van der Waals surface area contributed by atoms with Gasteiger partial charge in [0.05, 0.1) is 19.8 Å². The lowest BCUT2D eigenvalue weighted by atomic mass is 9.96. The van der Waals surface area contributed by atoms with Gasteiger partial charge >= 0.3 is 0 Å². The van der Waals surface area contributed by atoms with Gasteiger partial charge in [-0.15, -0.1) is 0 Å². The summed E-state index contributed by atoms with van der Waals surface area (Å²) in [5.41, 5.74) is 0. The number of ether oxygens (including phenoxy) is 3. The molecular weight excluding hydrogens is 298 g/mol. The van der Waals surface area contributed by atoms with Gasteiger partial charge in [-0.05, 0) is 43.6 Å². The number of amides is 1. The summed E-state index contributed by atoms with van der Waals surface area (Å²) in [5.74, 6) is 1.46. The molecule has 6 nitrogen and oxygen atoms in total. The minimum Gasteiger partial charge on any atom is -0.459 e. The first kappa shape index (κ1) is 16.7. The zero-order valence-electron chi connectivity index (χ0n) is 13.6. The van der Waals surface area contributed by atoms with Crippen LogP contribution < -0.4 is 0 Å². The highest BCUT2D eigenvalue weighted by Gasteiger charge is 2.38. The molecule has 0 bridgehead atoms. The molecule has 2 atom stereocenters. The fourth-order valence-electron chi connectivity index (χ4n) is 3.14. The van der Waals surface area contributed by atoms with Crippen LogP contribution in [0.2, 0.25) is 0 Å². The van der Waals surface area contributed by atoms with E-state index in [9.17, 15) is 4.79 Å². The third kappa shape index (κ3) is 4.68. The van der Waals surface area contributed by atoms with Crippen molar-refractivity contribution in [1.29, 1.82) is 0 Å². The molecule has 2 aliphatic heterocycles. The number of carbonyl (C=O) groups is 1. The van der Waals surface area contributed by atoms with Crippen molar-refractivity contribution in [1.82, 2.24) is 4.90 Å². The number of hydrogen-bond donors (Lipinski definition) is 1. The molecule has 0 radical (unpaired) electrons. The fraction of sp³-hybridized carbons (Fsp3) is 0.824. The van der Waals surface area contributed by atoms with Crippen LogP contribution in [0.1, 0.15) is 32.1 Å². The van der Waals surface area contributed by atoms with Crippen LogP contribution in [0, 0.1) is 11.8 Å². The van der Waals surface area contributed by atoms with Gasteiger partial charge in [0, 0.05) is 26.1 Å². The van der Waals surface area contributed by atoms with Crippen molar-refractivity contribution in [3.63, 3.8) is 0 Å². The first-order valence-electron chi connectivity index (χ1n) is 8.76. The maximum absolute atomic E-state index is 12.7. The van der Waals surface area contributed by atoms with E-state index in [1.807, 2.05) is 6.08 Å². The molecule has 0 aromatic carbocycles.